The lowest BCUT2D eigenvalue weighted by Crippen LogP contribution is -1.86. The summed E-state index contributed by atoms with van der Waals surface area (Å²) in [6.45, 7) is 1.80. The molecule has 0 amide bonds. The van der Waals surface area contributed by atoms with Gasteiger partial charge in [0, 0.05) is 5.56 Å². The maximum absolute atomic E-state index is 13.8. The molecule has 3 rings (SSSR count). The van der Waals surface area contributed by atoms with E-state index in [-0.39, 0.29) is 17.2 Å². The van der Waals surface area contributed by atoms with Crippen molar-refractivity contribution in [2.45, 2.75) is 6.92 Å². The van der Waals surface area contributed by atoms with Gasteiger partial charge >= 0.3 is 0 Å². The van der Waals surface area contributed by atoms with E-state index < -0.39 is 5.82 Å². The number of hydrogen-bond donors (Lipinski definition) is 1. The number of benzene rings is 2. The van der Waals surface area contributed by atoms with Crippen molar-refractivity contribution in [2.75, 3.05) is 0 Å². The van der Waals surface area contributed by atoms with Crippen molar-refractivity contribution in [1.82, 2.24) is 10.1 Å². The quantitative estimate of drug-likeness (QED) is 0.773. The molecule has 0 unspecified atom stereocenters. The number of aromatic hydroxyl groups is 1. The van der Waals surface area contributed by atoms with Gasteiger partial charge in [-0.05, 0) is 36.8 Å². The molecule has 0 aliphatic carbocycles. The molecule has 20 heavy (non-hydrogen) atoms. The first kappa shape index (κ1) is 12.3. The van der Waals surface area contributed by atoms with Gasteiger partial charge in [0.2, 0.25) is 5.82 Å². The third-order valence-corrected chi connectivity index (χ3v) is 2.89. The number of halogens is 1. The second kappa shape index (κ2) is 4.77. The fourth-order valence-electron chi connectivity index (χ4n) is 1.89. The van der Waals surface area contributed by atoms with E-state index in [9.17, 15) is 9.50 Å². The molecule has 4 nitrogen and oxygen atoms in total. The number of rotatable bonds is 2. The highest BCUT2D eigenvalue weighted by atomic mass is 19.1. The van der Waals surface area contributed by atoms with Crippen LogP contribution in [0.25, 0.3) is 22.8 Å². The number of phenols is 1. The van der Waals surface area contributed by atoms with Crippen molar-refractivity contribution in [3.63, 3.8) is 0 Å². The molecule has 0 saturated heterocycles. The lowest BCUT2D eigenvalue weighted by molar-refractivity contribution is 0.429. The smallest absolute Gasteiger partial charge is 0.261 e. The van der Waals surface area contributed by atoms with E-state index in [2.05, 4.69) is 10.1 Å². The Morgan fingerprint density at radius 3 is 2.75 bits per heavy atom. The second-order valence-electron chi connectivity index (χ2n) is 4.46. The zero-order valence-corrected chi connectivity index (χ0v) is 10.7. The average Bonchev–Trinajstić information content (AvgIpc) is 2.88. The van der Waals surface area contributed by atoms with E-state index in [1.165, 1.54) is 12.1 Å². The molecule has 100 valence electrons. The van der Waals surface area contributed by atoms with Gasteiger partial charge in [0.05, 0.1) is 5.56 Å². The summed E-state index contributed by atoms with van der Waals surface area (Å²) in [7, 11) is 0. The molecule has 0 aliphatic heterocycles. The Morgan fingerprint density at radius 2 is 2.00 bits per heavy atom. The number of nitrogens with zero attached hydrogens (tertiary/aromatic N) is 2. The first-order valence-corrected chi connectivity index (χ1v) is 6.03. The molecule has 1 heterocycles. The van der Waals surface area contributed by atoms with E-state index in [0.29, 0.717) is 11.4 Å². The van der Waals surface area contributed by atoms with Gasteiger partial charge in [-0.15, -0.1) is 0 Å². The Balaban J connectivity index is 2.02. The number of phenolic OH excluding ortho intramolecular Hbond substituents is 1. The largest absolute Gasteiger partial charge is 0.508 e. The SMILES string of the molecule is Cc1ccc(-c2nc(-c3cccc(O)c3)no2)c(F)c1. The molecule has 1 aromatic heterocycles. The molecule has 0 radical (unpaired) electrons. The summed E-state index contributed by atoms with van der Waals surface area (Å²) in [5.41, 5.74) is 1.68. The topological polar surface area (TPSA) is 59.2 Å². The third-order valence-electron chi connectivity index (χ3n) is 2.89. The minimum Gasteiger partial charge on any atom is -0.508 e. The van der Waals surface area contributed by atoms with Crippen molar-refractivity contribution in [1.29, 1.82) is 0 Å². The average molecular weight is 270 g/mol. The normalized spacial score (nSPS) is 10.7. The van der Waals surface area contributed by atoms with Crippen molar-refractivity contribution in [2.24, 2.45) is 0 Å². The molecular formula is C15H11FN2O2. The molecule has 0 atom stereocenters. The number of aryl methyl sites for hydroxylation is 1. The number of aromatic nitrogens is 2. The van der Waals surface area contributed by atoms with Gasteiger partial charge in [0.25, 0.3) is 5.89 Å². The maximum atomic E-state index is 13.8. The molecule has 2 aromatic carbocycles. The minimum absolute atomic E-state index is 0.107. The van der Waals surface area contributed by atoms with Crippen LogP contribution in [0.2, 0.25) is 0 Å². The fourth-order valence-corrected chi connectivity index (χ4v) is 1.89. The molecule has 0 spiro atoms. The predicted octanol–water partition coefficient (Wildman–Crippen LogP) is 3.56. The van der Waals surface area contributed by atoms with Crippen LogP contribution in [0.5, 0.6) is 5.75 Å². The number of hydrogen-bond acceptors (Lipinski definition) is 4. The van der Waals surface area contributed by atoms with Crippen LogP contribution < -0.4 is 0 Å². The van der Waals surface area contributed by atoms with Gasteiger partial charge in [-0.1, -0.05) is 23.4 Å². The van der Waals surface area contributed by atoms with E-state index in [4.69, 9.17) is 4.52 Å². The Hall–Kier alpha value is -2.69. The van der Waals surface area contributed by atoms with Crippen LogP contribution in [0.1, 0.15) is 5.56 Å². The molecular weight excluding hydrogens is 259 g/mol. The van der Waals surface area contributed by atoms with Crippen LogP contribution in [0.4, 0.5) is 4.39 Å². The van der Waals surface area contributed by atoms with E-state index in [1.807, 2.05) is 0 Å². The van der Waals surface area contributed by atoms with Gasteiger partial charge in [-0.2, -0.15) is 4.98 Å². The van der Waals surface area contributed by atoms with Gasteiger partial charge < -0.3 is 9.63 Å². The molecule has 0 aliphatic rings. The zero-order valence-electron chi connectivity index (χ0n) is 10.7. The summed E-state index contributed by atoms with van der Waals surface area (Å²) in [5.74, 6) is 0.114. The van der Waals surface area contributed by atoms with Crippen molar-refractivity contribution >= 4 is 0 Å². The molecule has 0 saturated carbocycles. The van der Waals surface area contributed by atoms with Crippen molar-refractivity contribution in [3.8, 4) is 28.6 Å². The van der Waals surface area contributed by atoms with E-state index in [1.54, 1.807) is 37.3 Å². The van der Waals surface area contributed by atoms with Crippen LogP contribution in [0.3, 0.4) is 0 Å². The Morgan fingerprint density at radius 1 is 1.15 bits per heavy atom. The molecule has 5 heteroatoms. The minimum atomic E-state index is -0.406. The van der Waals surface area contributed by atoms with Crippen LogP contribution in [0.15, 0.2) is 47.0 Å². The Bertz CT molecular complexity index is 768. The second-order valence-corrected chi connectivity index (χ2v) is 4.46. The summed E-state index contributed by atoms with van der Waals surface area (Å²) in [6.07, 6.45) is 0. The zero-order chi connectivity index (χ0) is 14.1. The van der Waals surface area contributed by atoms with Crippen LogP contribution in [0, 0.1) is 12.7 Å². The van der Waals surface area contributed by atoms with Gasteiger partial charge in [0.1, 0.15) is 11.6 Å². The Kier molecular flexibility index (Phi) is 2.95. The van der Waals surface area contributed by atoms with Crippen LogP contribution >= 0.6 is 0 Å². The third kappa shape index (κ3) is 2.25. The summed E-state index contributed by atoms with van der Waals surface area (Å²) in [6, 6.07) is 11.3. The fraction of sp³-hybridized carbons (Fsp3) is 0.0667. The molecule has 0 fully saturated rings. The molecule has 0 bridgehead atoms. The highest BCUT2D eigenvalue weighted by Gasteiger charge is 2.14. The summed E-state index contributed by atoms with van der Waals surface area (Å²) < 4.78 is 18.9. The monoisotopic (exact) mass is 270 g/mol. The Labute approximate surface area is 114 Å². The van der Waals surface area contributed by atoms with E-state index in [0.717, 1.165) is 5.56 Å². The van der Waals surface area contributed by atoms with Gasteiger partial charge in [0.15, 0.2) is 0 Å². The maximum Gasteiger partial charge on any atom is 0.261 e. The van der Waals surface area contributed by atoms with Crippen molar-refractivity contribution < 1.29 is 14.0 Å². The first-order valence-electron chi connectivity index (χ1n) is 6.03. The standard InChI is InChI=1S/C15H11FN2O2/c1-9-5-6-12(13(16)7-9)15-17-14(18-20-15)10-3-2-4-11(19)8-10/h2-8,19H,1H3. The molecule has 1 N–H and O–H groups in total. The summed E-state index contributed by atoms with van der Waals surface area (Å²) in [5, 5.41) is 13.2. The predicted molar refractivity (Wildman–Crippen MR) is 71.5 cm³/mol. The summed E-state index contributed by atoms with van der Waals surface area (Å²) >= 11 is 0. The lowest BCUT2D eigenvalue weighted by Gasteiger charge is -1.98. The van der Waals surface area contributed by atoms with Crippen molar-refractivity contribution in [3.05, 3.63) is 53.8 Å². The lowest BCUT2D eigenvalue weighted by atomic mass is 10.1. The highest BCUT2D eigenvalue weighted by Crippen LogP contribution is 2.26. The molecule has 3 aromatic rings. The highest BCUT2D eigenvalue weighted by molar-refractivity contribution is 5.61. The van der Waals surface area contributed by atoms with Gasteiger partial charge in [-0.25, -0.2) is 4.39 Å². The van der Waals surface area contributed by atoms with Gasteiger partial charge in [-0.3, -0.25) is 0 Å². The van der Waals surface area contributed by atoms with E-state index >= 15 is 0 Å². The summed E-state index contributed by atoms with van der Waals surface area (Å²) in [4.78, 5) is 4.15. The first-order chi connectivity index (χ1) is 9.63. The van der Waals surface area contributed by atoms with Crippen LogP contribution in [-0.4, -0.2) is 15.2 Å². The van der Waals surface area contributed by atoms with Crippen LogP contribution in [-0.2, 0) is 0 Å².